The fraction of sp³-hybridized carbons (Fsp3) is 0.158. The van der Waals surface area contributed by atoms with Gasteiger partial charge in [0.25, 0.3) is 11.9 Å². The Kier molecular flexibility index (Phi) is 4.17. The molecule has 0 unspecified atom stereocenters. The quantitative estimate of drug-likeness (QED) is 0.552. The number of aryl methyl sites for hydroxylation is 1. The molecule has 4 aromatic rings. The summed E-state index contributed by atoms with van der Waals surface area (Å²) in [4.78, 5) is 23.1. The van der Waals surface area contributed by atoms with E-state index in [0.717, 1.165) is 11.1 Å². The molecule has 0 aliphatic rings. The number of ether oxygens (including phenoxy) is 1. The van der Waals surface area contributed by atoms with Gasteiger partial charge >= 0.3 is 0 Å². The van der Waals surface area contributed by atoms with Gasteiger partial charge in [0.1, 0.15) is 5.75 Å². The molecule has 2 heterocycles. The highest BCUT2D eigenvalue weighted by atomic mass is 16.7. The number of para-hydroxylation sites is 1. The number of benzene rings is 2. The predicted molar refractivity (Wildman–Crippen MR) is 101 cm³/mol. The van der Waals surface area contributed by atoms with Crippen molar-refractivity contribution in [2.24, 2.45) is 0 Å². The lowest BCUT2D eigenvalue weighted by Gasteiger charge is -2.19. The van der Waals surface area contributed by atoms with Crippen molar-refractivity contribution in [3.05, 3.63) is 48.2 Å². The van der Waals surface area contributed by atoms with Crippen molar-refractivity contribution in [2.45, 2.75) is 6.92 Å². The Hall–Kier alpha value is -3.52. The molecule has 2 aromatic heterocycles. The molecule has 0 amide bonds. The molecular formula is C19H17N5O3. The van der Waals surface area contributed by atoms with Crippen molar-refractivity contribution < 1.29 is 14.7 Å². The predicted octanol–water partition coefficient (Wildman–Crippen LogP) is 3.30. The number of hydrogen-bond donors (Lipinski definition) is 1. The number of aromatic nitrogens is 4. The highest BCUT2D eigenvalue weighted by Crippen LogP contribution is 2.31. The first-order valence-corrected chi connectivity index (χ1v) is 8.23. The largest absolute Gasteiger partial charge is 0.496 e. The summed E-state index contributed by atoms with van der Waals surface area (Å²) in [7, 11) is 3.07. The van der Waals surface area contributed by atoms with E-state index in [9.17, 15) is 5.11 Å². The molecule has 8 heteroatoms. The van der Waals surface area contributed by atoms with Gasteiger partial charge in [-0.1, -0.05) is 18.2 Å². The lowest BCUT2D eigenvalue weighted by molar-refractivity contribution is 0.192. The van der Waals surface area contributed by atoms with Gasteiger partial charge in [0.05, 0.1) is 41.7 Å². The van der Waals surface area contributed by atoms with E-state index in [1.54, 1.807) is 19.2 Å². The second-order valence-corrected chi connectivity index (χ2v) is 5.80. The minimum Gasteiger partial charge on any atom is -0.496 e. The van der Waals surface area contributed by atoms with Gasteiger partial charge in [-0.25, -0.2) is 15.0 Å². The van der Waals surface area contributed by atoms with E-state index in [1.165, 1.54) is 12.2 Å². The lowest BCUT2D eigenvalue weighted by Crippen LogP contribution is -2.21. The minimum atomic E-state index is -0.142. The van der Waals surface area contributed by atoms with Crippen LogP contribution in [0.15, 0.2) is 42.5 Å². The molecule has 2 aromatic carbocycles. The number of methoxy groups -OCH3 is 1. The number of fused-ring (bicyclic) bond motifs is 2. The van der Waals surface area contributed by atoms with Crippen molar-refractivity contribution in [2.75, 3.05) is 19.3 Å². The maximum Gasteiger partial charge on any atom is 0.261 e. The van der Waals surface area contributed by atoms with Crippen LogP contribution in [0.3, 0.4) is 0 Å². The van der Waals surface area contributed by atoms with Crippen LogP contribution in [-0.4, -0.2) is 39.3 Å². The Balaban J connectivity index is 1.88. The van der Waals surface area contributed by atoms with E-state index in [0.29, 0.717) is 22.2 Å². The second kappa shape index (κ2) is 6.65. The molecule has 27 heavy (non-hydrogen) atoms. The van der Waals surface area contributed by atoms with Crippen LogP contribution in [0.25, 0.3) is 21.8 Å². The number of hydrogen-bond acceptors (Lipinski definition) is 8. The summed E-state index contributed by atoms with van der Waals surface area (Å²) >= 11 is 0. The topological polar surface area (TPSA) is 93.5 Å². The van der Waals surface area contributed by atoms with Gasteiger partial charge in [0.2, 0.25) is 5.88 Å². The number of nitrogens with zero attached hydrogens (tertiary/aromatic N) is 5. The summed E-state index contributed by atoms with van der Waals surface area (Å²) in [5.41, 5.74) is 2.00. The monoisotopic (exact) mass is 363 g/mol. The maximum absolute atomic E-state index is 10.2. The zero-order valence-electron chi connectivity index (χ0n) is 15.0. The van der Waals surface area contributed by atoms with Crippen LogP contribution in [0.4, 0.5) is 11.9 Å². The van der Waals surface area contributed by atoms with E-state index in [1.807, 2.05) is 37.3 Å². The van der Waals surface area contributed by atoms with Gasteiger partial charge in [0.15, 0.2) is 0 Å². The fourth-order valence-electron chi connectivity index (χ4n) is 2.97. The van der Waals surface area contributed by atoms with Gasteiger partial charge in [-0.05, 0) is 31.2 Å². The fourth-order valence-corrected chi connectivity index (χ4v) is 2.97. The molecule has 0 saturated heterocycles. The number of rotatable bonds is 4. The molecule has 0 saturated carbocycles. The normalized spacial score (nSPS) is 11.1. The Labute approximate surface area is 155 Å². The van der Waals surface area contributed by atoms with Crippen LogP contribution >= 0.6 is 0 Å². The van der Waals surface area contributed by atoms with Gasteiger partial charge in [-0.2, -0.15) is 4.98 Å². The van der Waals surface area contributed by atoms with Gasteiger partial charge in [0, 0.05) is 0 Å². The number of anilines is 2. The summed E-state index contributed by atoms with van der Waals surface area (Å²) < 4.78 is 5.40. The van der Waals surface area contributed by atoms with Crippen LogP contribution in [0, 0.1) is 6.92 Å². The van der Waals surface area contributed by atoms with Crippen LogP contribution in [0.2, 0.25) is 0 Å². The van der Waals surface area contributed by atoms with E-state index in [2.05, 4.69) is 19.9 Å². The number of aromatic hydroxyl groups is 1. The molecule has 1 N–H and O–H groups in total. The van der Waals surface area contributed by atoms with Crippen molar-refractivity contribution >= 4 is 33.7 Å². The Morgan fingerprint density at radius 2 is 1.56 bits per heavy atom. The first kappa shape index (κ1) is 16.9. The highest BCUT2D eigenvalue weighted by Gasteiger charge is 2.20. The molecule has 0 bridgehead atoms. The first-order chi connectivity index (χ1) is 13.1. The van der Waals surface area contributed by atoms with Crippen LogP contribution < -0.4 is 9.80 Å². The molecule has 0 aliphatic carbocycles. The SMILES string of the molecule is COc1cccc2nc(N(OC)c3nc(O)c4ccccc4n3)nc(C)c12. The molecule has 0 fully saturated rings. The molecule has 0 atom stereocenters. The molecule has 136 valence electrons. The Bertz CT molecular complexity index is 1150. The van der Waals surface area contributed by atoms with E-state index >= 15 is 0 Å². The van der Waals surface area contributed by atoms with E-state index in [4.69, 9.17) is 9.57 Å². The van der Waals surface area contributed by atoms with Crippen molar-refractivity contribution in [1.29, 1.82) is 0 Å². The summed E-state index contributed by atoms with van der Waals surface area (Å²) in [6.07, 6.45) is 0. The average Bonchev–Trinajstić information content (AvgIpc) is 2.68. The zero-order chi connectivity index (χ0) is 19.0. The second-order valence-electron chi connectivity index (χ2n) is 5.80. The van der Waals surface area contributed by atoms with E-state index in [-0.39, 0.29) is 17.8 Å². The molecule has 4 rings (SSSR count). The van der Waals surface area contributed by atoms with Crippen molar-refractivity contribution in [1.82, 2.24) is 19.9 Å². The smallest absolute Gasteiger partial charge is 0.261 e. The Morgan fingerprint density at radius 1 is 0.852 bits per heavy atom. The maximum atomic E-state index is 10.2. The zero-order valence-corrected chi connectivity index (χ0v) is 15.0. The molecule has 0 aliphatic heterocycles. The van der Waals surface area contributed by atoms with Crippen molar-refractivity contribution in [3.63, 3.8) is 0 Å². The van der Waals surface area contributed by atoms with Crippen LogP contribution in [0.5, 0.6) is 11.6 Å². The van der Waals surface area contributed by atoms with Crippen LogP contribution in [-0.2, 0) is 4.84 Å². The minimum absolute atomic E-state index is 0.135. The third kappa shape index (κ3) is 2.85. The van der Waals surface area contributed by atoms with Crippen LogP contribution in [0.1, 0.15) is 5.69 Å². The lowest BCUT2D eigenvalue weighted by atomic mass is 10.2. The first-order valence-electron chi connectivity index (χ1n) is 8.23. The summed E-state index contributed by atoms with van der Waals surface area (Å²) in [5, 5.41) is 12.9. The van der Waals surface area contributed by atoms with Gasteiger partial charge in [-0.15, -0.1) is 5.06 Å². The standard InChI is InChI=1S/C19H17N5O3/c1-11-16-14(9-6-10-15(16)26-2)22-18(20-11)24(27-3)19-21-13-8-5-4-7-12(13)17(25)23-19/h4-10H,1-3H3,(H,21,23,25). The Morgan fingerprint density at radius 3 is 2.33 bits per heavy atom. The molecular weight excluding hydrogens is 346 g/mol. The van der Waals surface area contributed by atoms with Gasteiger partial charge in [-0.3, -0.25) is 4.84 Å². The van der Waals surface area contributed by atoms with Crippen molar-refractivity contribution in [3.8, 4) is 11.6 Å². The molecule has 8 nitrogen and oxygen atoms in total. The third-order valence-corrected chi connectivity index (χ3v) is 4.19. The molecule has 0 radical (unpaired) electrons. The highest BCUT2D eigenvalue weighted by molar-refractivity contribution is 5.88. The summed E-state index contributed by atoms with van der Waals surface area (Å²) in [6, 6.07) is 12.7. The third-order valence-electron chi connectivity index (χ3n) is 4.19. The van der Waals surface area contributed by atoms with Gasteiger partial charge < -0.3 is 9.84 Å². The summed E-state index contributed by atoms with van der Waals surface area (Å²) in [5.74, 6) is 0.942. The average molecular weight is 363 g/mol. The van der Waals surface area contributed by atoms with E-state index < -0.39 is 0 Å². The summed E-state index contributed by atoms with van der Waals surface area (Å²) in [6.45, 7) is 1.86. The molecule has 0 spiro atoms.